The third-order valence-corrected chi connectivity index (χ3v) is 6.81. The lowest BCUT2D eigenvalue weighted by molar-refractivity contribution is -0.114. The summed E-state index contributed by atoms with van der Waals surface area (Å²) in [4.78, 5) is 24.0. The zero-order valence-electron chi connectivity index (χ0n) is 22.4. The number of phenolic OH excluding ortho intramolecular Hbond substituents is 1. The average Bonchev–Trinajstić information content (AvgIpc) is 2.92. The number of nitrogens with one attached hydrogen (secondary N) is 3. The first-order valence-corrected chi connectivity index (χ1v) is 13.4. The minimum atomic E-state index is -4.87. The molecule has 0 saturated carbocycles. The van der Waals surface area contributed by atoms with Gasteiger partial charge < -0.3 is 19.9 Å². The molecule has 1 aliphatic carbocycles. The second-order valence-corrected chi connectivity index (χ2v) is 10.2. The second kappa shape index (κ2) is 11.6. The number of aromatic hydroxyl groups is 1. The zero-order chi connectivity index (χ0) is 29.9. The Bertz CT molecular complexity index is 1680. The molecule has 0 bridgehead atoms. The van der Waals surface area contributed by atoms with Gasteiger partial charge in [0.1, 0.15) is 33.5 Å². The van der Waals surface area contributed by atoms with Crippen molar-refractivity contribution in [1.82, 2.24) is 0 Å². The predicted octanol–water partition coefficient (Wildman–Crippen LogP) is 3.72. The summed E-state index contributed by atoms with van der Waals surface area (Å²) >= 11 is 0. The number of methoxy groups -OCH3 is 2. The maximum Gasteiger partial charge on any atom is 0.296 e. The first-order valence-electron chi connectivity index (χ1n) is 12.0. The Morgan fingerprint density at radius 1 is 0.976 bits per heavy atom. The first-order chi connectivity index (χ1) is 19.4. The largest absolute Gasteiger partial charge is 0.508 e. The maximum absolute atomic E-state index is 13.3. The Kier molecular flexibility index (Phi) is 8.16. The van der Waals surface area contributed by atoms with E-state index in [0.29, 0.717) is 22.8 Å². The molecule has 0 aliphatic heterocycles. The van der Waals surface area contributed by atoms with Gasteiger partial charge in [-0.1, -0.05) is 0 Å². The van der Waals surface area contributed by atoms with Crippen LogP contribution in [0.2, 0.25) is 0 Å². The van der Waals surface area contributed by atoms with Crippen LogP contribution in [0.25, 0.3) is 6.08 Å². The Morgan fingerprint density at radius 3 is 2.24 bits per heavy atom. The molecule has 1 aliphatic rings. The average molecular weight is 582 g/mol. The van der Waals surface area contributed by atoms with Crippen molar-refractivity contribution in [2.75, 3.05) is 42.4 Å². The Labute approximate surface area is 235 Å². The first kappa shape index (κ1) is 28.9. The van der Waals surface area contributed by atoms with Gasteiger partial charge in [-0.3, -0.25) is 30.0 Å². The van der Waals surface area contributed by atoms with Crippen molar-refractivity contribution >= 4 is 56.3 Å². The van der Waals surface area contributed by atoms with E-state index in [1.54, 1.807) is 30.3 Å². The highest BCUT2D eigenvalue weighted by atomic mass is 32.2. The van der Waals surface area contributed by atoms with Gasteiger partial charge in [0.15, 0.2) is 5.71 Å². The van der Waals surface area contributed by atoms with Crippen LogP contribution in [0, 0.1) is 0 Å². The fourth-order valence-electron chi connectivity index (χ4n) is 4.06. The molecular formula is C27H27N5O8S. The van der Waals surface area contributed by atoms with Crippen LogP contribution in [-0.2, 0) is 14.9 Å². The molecule has 0 atom stereocenters. The smallest absolute Gasteiger partial charge is 0.296 e. The van der Waals surface area contributed by atoms with E-state index in [2.05, 4.69) is 21.3 Å². The zero-order valence-corrected chi connectivity index (χ0v) is 23.2. The number of nitrogens with zero attached hydrogens (tertiary/aromatic N) is 2. The number of phenols is 1. The molecule has 5 N–H and O–H groups in total. The lowest BCUT2D eigenvalue weighted by Crippen LogP contribution is -2.27. The summed E-state index contributed by atoms with van der Waals surface area (Å²) in [6.07, 6.45) is 1.10. The van der Waals surface area contributed by atoms with Crippen molar-refractivity contribution in [3.63, 3.8) is 0 Å². The molecule has 0 aromatic heterocycles. The third kappa shape index (κ3) is 6.40. The molecule has 0 saturated heterocycles. The van der Waals surface area contributed by atoms with Crippen molar-refractivity contribution in [1.29, 1.82) is 0 Å². The van der Waals surface area contributed by atoms with Crippen molar-refractivity contribution in [2.45, 2.75) is 6.92 Å². The van der Waals surface area contributed by atoms with Gasteiger partial charge in [-0.15, -0.1) is 0 Å². The number of amides is 1. The van der Waals surface area contributed by atoms with Crippen LogP contribution < -0.4 is 30.7 Å². The summed E-state index contributed by atoms with van der Waals surface area (Å²) in [5.41, 5.74) is 7.34. The molecule has 13 nitrogen and oxygen atoms in total. The second-order valence-electron chi connectivity index (χ2n) is 8.81. The number of carbonyl (C=O) groups is 2. The van der Waals surface area contributed by atoms with Gasteiger partial charge in [-0.25, -0.2) is 0 Å². The SMILES string of the molecule is COc1cc(N(C)Nc2ccc(O)cc2)c(OC)cc1N/N=C1\C(=O)c2ccc(NC(C)=O)cc2C=C1S(=O)(=O)O. The number of carbonyl (C=O) groups excluding carboxylic acids is 2. The molecule has 0 fully saturated rings. The van der Waals surface area contributed by atoms with Gasteiger partial charge in [0.2, 0.25) is 11.7 Å². The van der Waals surface area contributed by atoms with E-state index in [1.165, 1.54) is 57.5 Å². The van der Waals surface area contributed by atoms with Crippen molar-refractivity contribution in [2.24, 2.45) is 5.10 Å². The summed E-state index contributed by atoms with van der Waals surface area (Å²) < 4.78 is 45.3. The summed E-state index contributed by atoms with van der Waals surface area (Å²) in [5.74, 6) is -0.368. The molecular weight excluding hydrogens is 554 g/mol. The topological polar surface area (TPSA) is 179 Å². The quantitative estimate of drug-likeness (QED) is 0.141. The number of hydrogen-bond acceptors (Lipinski definition) is 11. The normalized spacial score (nSPS) is 13.6. The number of benzene rings is 3. The number of ketones is 1. The molecule has 0 unspecified atom stereocenters. The molecule has 1 amide bonds. The van der Waals surface area contributed by atoms with Crippen LogP contribution in [0.4, 0.5) is 22.7 Å². The number of anilines is 4. The lowest BCUT2D eigenvalue weighted by Gasteiger charge is -2.25. The fourth-order valence-corrected chi connectivity index (χ4v) is 4.72. The van der Waals surface area contributed by atoms with Crippen molar-refractivity contribution in [3.05, 3.63) is 70.6 Å². The minimum absolute atomic E-state index is 0.119. The number of hydrogen-bond donors (Lipinski definition) is 5. The molecule has 3 aromatic carbocycles. The lowest BCUT2D eigenvalue weighted by atomic mass is 9.94. The molecule has 214 valence electrons. The van der Waals surface area contributed by atoms with E-state index in [9.17, 15) is 27.7 Å². The van der Waals surface area contributed by atoms with E-state index in [-0.39, 0.29) is 34.2 Å². The number of ether oxygens (including phenoxy) is 2. The van der Waals surface area contributed by atoms with E-state index in [1.807, 2.05) is 0 Å². The van der Waals surface area contributed by atoms with Crippen LogP contribution in [0.3, 0.4) is 0 Å². The summed E-state index contributed by atoms with van der Waals surface area (Å²) in [6.45, 7) is 1.31. The standard InChI is InChI=1S/C27H27N5O8S/c1-15(33)28-18-7-10-20-16(11-18)12-25(41(36,37)38)26(27(20)35)30-29-21-13-24(40-4)22(14-23(21)39-3)32(2)31-17-5-8-19(34)9-6-17/h5-14,29,31,34H,1-4H3,(H,28,33)(H,36,37,38)/b30-26-. The maximum atomic E-state index is 13.3. The summed E-state index contributed by atoms with van der Waals surface area (Å²) in [6, 6.07) is 13.9. The Balaban J connectivity index is 1.69. The van der Waals surface area contributed by atoms with Crippen LogP contribution in [0.1, 0.15) is 22.8 Å². The van der Waals surface area contributed by atoms with Crippen molar-refractivity contribution in [3.8, 4) is 17.2 Å². The number of hydrazine groups is 1. The van der Waals surface area contributed by atoms with Gasteiger partial charge in [0, 0.05) is 37.4 Å². The predicted molar refractivity (Wildman–Crippen MR) is 155 cm³/mol. The number of hydrazone groups is 1. The molecule has 0 radical (unpaired) electrons. The molecule has 41 heavy (non-hydrogen) atoms. The van der Waals surface area contributed by atoms with Gasteiger partial charge in [0.25, 0.3) is 10.1 Å². The van der Waals surface area contributed by atoms with Gasteiger partial charge in [0.05, 0.1) is 19.9 Å². The van der Waals surface area contributed by atoms with E-state index >= 15 is 0 Å². The van der Waals surface area contributed by atoms with Gasteiger partial charge in [-0.2, -0.15) is 13.5 Å². The van der Waals surface area contributed by atoms with Gasteiger partial charge in [-0.05, 0) is 54.1 Å². The molecule has 4 rings (SSSR count). The van der Waals surface area contributed by atoms with Crippen molar-refractivity contribution < 1.29 is 37.1 Å². The summed E-state index contributed by atoms with van der Waals surface area (Å²) in [7, 11) is -0.280. The third-order valence-electron chi connectivity index (χ3n) is 5.94. The van der Waals surface area contributed by atoms with Gasteiger partial charge >= 0.3 is 0 Å². The Morgan fingerprint density at radius 2 is 1.63 bits per heavy atom. The molecule has 14 heteroatoms. The summed E-state index contributed by atoms with van der Waals surface area (Å²) in [5, 5.41) is 17.8. The minimum Gasteiger partial charge on any atom is -0.508 e. The molecule has 0 heterocycles. The fraction of sp³-hybridized carbons (Fsp3) is 0.148. The molecule has 0 spiro atoms. The van der Waals surface area contributed by atoms with Crippen LogP contribution >= 0.6 is 0 Å². The highest BCUT2D eigenvalue weighted by molar-refractivity contribution is 7.91. The Hall–Kier alpha value is -5.08. The number of Topliss-reactive ketones (excluding diaryl/α,β-unsaturated/α-hetero) is 1. The van der Waals surface area contributed by atoms with Crippen LogP contribution in [-0.4, -0.2) is 56.7 Å². The number of rotatable bonds is 9. The highest BCUT2D eigenvalue weighted by Crippen LogP contribution is 2.38. The monoisotopic (exact) mass is 581 g/mol. The highest BCUT2D eigenvalue weighted by Gasteiger charge is 2.33. The van der Waals surface area contributed by atoms with Crippen LogP contribution in [0.15, 0.2) is 64.6 Å². The van der Waals surface area contributed by atoms with E-state index in [0.717, 1.165) is 6.08 Å². The van der Waals surface area contributed by atoms with Crippen LogP contribution in [0.5, 0.6) is 17.2 Å². The number of fused-ring (bicyclic) bond motifs is 1. The van der Waals surface area contributed by atoms with E-state index < -0.39 is 26.5 Å². The molecule has 3 aromatic rings. The number of allylic oxidation sites excluding steroid dienone is 1. The van der Waals surface area contributed by atoms with E-state index in [4.69, 9.17) is 9.47 Å².